The van der Waals surface area contributed by atoms with Crippen LogP contribution in [0, 0.1) is 5.82 Å². The van der Waals surface area contributed by atoms with Gasteiger partial charge >= 0.3 is 6.23 Å². The summed E-state index contributed by atoms with van der Waals surface area (Å²) < 4.78 is 46.1. The van der Waals surface area contributed by atoms with Crippen molar-refractivity contribution in [2.24, 2.45) is 5.73 Å². The van der Waals surface area contributed by atoms with Crippen LogP contribution in [-0.4, -0.2) is 11.4 Å². The Morgan fingerprint density at radius 3 is 2.56 bits per heavy atom. The van der Waals surface area contributed by atoms with Crippen LogP contribution in [0.25, 0.3) is 11.3 Å². The van der Waals surface area contributed by atoms with Crippen molar-refractivity contribution in [3.05, 3.63) is 41.8 Å². The fraction of sp³-hybridized carbons (Fsp3) is 0.182. The van der Waals surface area contributed by atoms with E-state index in [0.29, 0.717) is 11.3 Å². The van der Waals surface area contributed by atoms with Crippen LogP contribution >= 0.6 is 0 Å². The second-order valence-corrected chi connectivity index (χ2v) is 3.54. The maximum Gasteiger partial charge on any atom is 0.420 e. The summed E-state index contributed by atoms with van der Waals surface area (Å²) in [5, 5.41) is 3.54. The zero-order valence-electron chi connectivity index (χ0n) is 9.07. The number of benzene rings is 1. The van der Waals surface area contributed by atoms with Crippen LogP contribution in [0.4, 0.5) is 13.2 Å². The van der Waals surface area contributed by atoms with Crippen molar-refractivity contribution in [2.45, 2.75) is 12.8 Å². The van der Waals surface area contributed by atoms with Crippen LogP contribution in [0.15, 0.2) is 34.9 Å². The Bertz CT molecular complexity index is 520. The zero-order chi connectivity index (χ0) is 13.2. The van der Waals surface area contributed by atoms with E-state index in [9.17, 15) is 13.2 Å². The minimum atomic E-state index is -3.71. The van der Waals surface area contributed by atoms with Gasteiger partial charge in [-0.2, -0.15) is 8.78 Å². The molecular formula is C11H9F3N2O2. The number of alkyl halides is 2. The van der Waals surface area contributed by atoms with Gasteiger partial charge in [0.05, 0.1) is 0 Å². The van der Waals surface area contributed by atoms with E-state index in [4.69, 9.17) is 4.52 Å². The van der Waals surface area contributed by atoms with E-state index in [2.05, 4.69) is 15.6 Å². The summed E-state index contributed by atoms with van der Waals surface area (Å²) in [5.41, 5.74) is 5.11. The molecule has 96 valence electrons. The highest BCUT2D eigenvalue weighted by Crippen LogP contribution is 2.21. The molecule has 4 nitrogen and oxygen atoms in total. The topological polar surface area (TPSA) is 61.3 Å². The van der Waals surface area contributed by atoms with E-state index in [1.165, 1.54) is 30.3 Å². The predicted octanol–water partition coefficient (Wildman–Crippen LogP) is 2.51. The van der Waals surface area contributed by atoms with Crippen molar-refractivity contribution in [3.63, 3.8) is 0 Å². The highest BCUT2D eigenvalue weighted by atomic mass is 19.3. The minimum Gasteiger partial charge on any atom is -0.356 e. The normalized spacial score (nSPS) is 11.8. The first-order valence-electron chi connectivity index (χ1n) is 4.96. The van der Waals surface area contributed by atoms with Gasteiger partial charge in [-0.25, -0.2) is 10.1 Å². The number of ether oxygens (including phenoxy) is 1. The zero-order valence-corrected chi connectivity index (χ0v) is 9.07. The van der Waals surface area contributed by atoms with Crippen LogP contribution < -0.4 is 5.73 Å². The van der Waals surface area contributed by atoms with Crippen molar-refractivity contribution < 1.29 is 22.4 Å². The molecular weight excluding hydrogens is 249 g/mol. The van der Waals surface area contributed by atoms with Crippen LogP contribution in [0.5, 0.6) is 0 Å². The molecule has 0 fully saturated rings. The maximum atomic E-state index is 12.7. The Hall–Kier alpha value is -1.86. The summed E-state index contributed by atoms with van der Waals surface area (Å²) >= 11 is 0. The monoisotopic (exact) mass is 258 g/mol. The van der Waals surface area contributed by atoms with Gasteiger partial charge < -0.3 is 9.26 Å². The van der Waals surface area contributed by atoms with E-state index < -0.39 is 12.8 Å². The lowest BCUT2D eigenvalue weighted by molar-refractivity contribution is -0.241. The molecule has 0 aliphatic carbocycles. The number of halogens is 3. The molecule has 1 aromatic heterocycles. The first-order chi connectivity index (χ1) is 8.44. The fourth-order valence-electron chi connectivity index (χ4n) is 1.30. The molecule has 18 heavy (non-hydrogen) atoms. The summed E-state index contributed by atoms with van der Waals surface area (Å²) in [7, 11) is 0. The van der Waals surface area contributed by atoms with Gasteiger partial charge in [-0.15, -0.1) is 0 Å². The van der Waals surface area contributed by atoms with Gasteiger partial charge in [0.2, 0.25) is 0 Å². The number of hydrogen-bond acceptors (Lipinski definition) is 4. The number of nitrogens with two attached hydrogens (primary N) is 1. The van der Waals surface area contributed by atoms with E-state index in [-0.39, 0.29) is 11.5 Å². The van der Waals surface area contributed by atoms with Crippen LogP contribution in [0.2, 0.25) is 0 Å². The lowest BCUT2D eigenvalue weighted by Gasteiger charge is -2.08. The molecule has 2 N–H and O–H groups in total. The average molecular weight is 258 g/mol. The third kappa shape index (κ3) is 3.31. The molecule has 0 unspecified atom stereocenters. The largest absolute Gasteiger partial charge is 0.420 e. The molecule has 0 aliphatic heterocycles. The highest BCUT2D eigenvalue weighted by molar-refractivity contribution is 5.56. The molecule has 0 atom stereocenters. The van der Waals surface area contributed by atoms with Crippen molar-refractivity contribution in [1.82, 2.24) is 5.16 Å². The molecule has 0 amide bonds. The van der Waals surface area contributed by atoms with E-state index >= 15 is 0 Å². The number of rotatable bonds is 4. The van der Waals surface area contributed by atoms with Crippen molar-refractivity contribution in [1.29, 1.82) is 0 Å². The maximum absolute atomic E-state index is 12.7. The Morgan fingerprint density at radius 1 is 1.28 bits per heavy atom. The van der Waals surface area contributed by atoms with Crippen LogP contribution in [0.1, 0.15) is 5.69 Å². The third-order valence-electron chi connectivity index (χ3n) is 2.10. The van der Waals surface area contributed by atoms with Gasteiger partial charge in [0.25, 0.3) is 0 Å². The first kappa shape index (κ1) is 12.6. The quantitative estimate of drug-likeness (QED) is 0.676. The Kier molecular flexibility index (Phi) is 3.35. The SMILES string of the molecule is NC(F)(F)OCc1cc(-c2ccc(F)cc2)on1. The molecule has 2 rings (SSSR count). The van der Waals surface area contributed by atoms with Gasteiger partial charge in [0, 0.05) is 11.6 Å². The number of hydrogen-bond donors (Lipinski definition) is 1. The van der Waals surface area contributed by atoms with Crippen LogP contribution in [0.3, 0.4) is 0 Å². The molecule has 0 aliphatic rings. The average Bonchev–Trinajstić information content (AvgIpc) is 2.75. The standard InChI is InChI=1S/C11H9F3N2O2/c12-8-3-1-7(2-4-8)10-5-9(16-18-10)6-17-11(13,14)15/h1-5H,6,15H2. The number of aromatic nitrogens is 1. The second kappa shape index (κ2) is 4.79. The Balaban J connectivity index is 2.08. The molecule has 2 aromatic rings. The predicted molar refractivity (Wildman–Crippen MR) is 55.8 cm³/mol. The molecule has 0 radical (unpaired) electrons. The van der Waals surface area contributed by atoms with Gasteiger partial charge in [0.15, 0.2) is 5.76 Å². The summed E-state index contributed by atoms with van der Waals surface area (Å²) in [6.45, 7) is -0.478. The van der Waals surface area contributed by atoms with E-state index in [1.54, 1.807) is 0 Å². The smallest absolute Gasteiger partial charge is 0.356 e. The Morgan fingerprint density at radius 2 is 1.94 bits per heavy atom. The van der Waals surface area contributed by atoms with Gasteiger partial charge in [-0.1, -0.05) is 5.16 Å². The number of nitrogens with zero attached hydrogens (tertiary/aromatic N) is 1. The van der Waals surface area contributed by atoms with E-state index in [0.717, 1.165) is 0 Å². The summed E-state index contributed by atoms with van der Waals surface area (Å²) in [5.74, 6) is -0.0569. The van der Waals surface area contributed by atoms with Gasteiger partial charge in [0.1, 0.15) is 18.1 Å². The molecule has 0 bridgehead atoms. The van der Waals surface area contributed by atoms with E-state index in [1.807, 2.05) is 0 Å². The van der Waals surface area contributed by atoms with Crippen LogP contribution in [-0.2, 0) is 11.3 Å². The first-order valence-corrected chi connectivity index (χ1v) is 4.96. The molecule has 1 aromatic carbocycles. The molecule has 0 spiro atoms. The lowest BCUT2D eigenvalue weighted by Crippen LogP contribution is -2.31. The van der Waals surface area contributed by atoms with Gasteiger partial charge in [-0.05, 0) is 24.3 Å². The lowest BCUT2D eigenvalue weighted by atomic mass is 10.1. The molecule has 7 heteroatoms. The summed E-state index contributed by atoms with van der Waals surface area (Å²) in [6.07, 6.45) is -3.71. The molecule has 1 heterocycles. The molecule has 0 saturated carbocycles. The Labute approximate surface area is 100 Å². The fourth-order valence-corrected chi connectivity index (χ4v) is 1.30. The third-order valence-corrected chi connectivity index (χ3v) is 2.10. The second-order valence-electron chi connectivity index (χ2n) is 3.54. The van der Waals surface area contributed by atoms with Crippen molar-refractivity contribution >= 4 is 0 Å². The van der Waals surface area contributed by atoms with Crippen molar-refractivity contribution in [2.75, 3.05) is 0 Å². The minimum absolute atomic E-state index is 0.166. The summed E-state index contributed by atoms with van der Waals surface area (Å²) in [6, 6.07) is 6.89. The van der Waals surface area contributed by atoms with Gasteiger partial charge in [-0.3, -0.25) is 0 Å². The summed E-state index contributed by atoms with van der Waals surface area (Å²) in [4.78, 5) is 0. The van der Waals surface area contributed by atoms with Crippen molar-refractivity contribution in [3.8, 4) is 11.3 Å². The molecule has 0 saturated heterocycles. The highest BCUT2D eigenvalue weighted by Gasteiger charge is 2.23.